The number of hydrogen-bond acceptors (Lipinski definition) is 5. The van der Waals surface area contributed by atoms with Crippen molar-refractivity contribution in [3.8, 4) is 5.69 Å². The summed E-state index contributed by atoms with van der Waals surface area (Å²) in [7, 11) is 1.31. The minimum atomic E-state index is -0.475. The average Bonchev–Trinajstić information content (AvgIpc) is 3.21. The lowest BCUT2D eigenvalue weighted by Crippen LogP contribution is -2.15. The van der Waals surface area contributed by atoms with Crippen molar-refractivity contribution in [1.29, 1.82) is 0 Å². The van der Waals surface area contributed by atoms with E-state index in [0.29, 0.717) is 21.8 Å². The first kappa shape index (κ1) is 15.9. The molecule has 1 aromatic carbocycles. The van der Waals surface area contributed by atoms with E-state index in [4.69, 9.17) is 4.74 Å². The molecular formula is C17H15N3O3S. The Kier molecular flexibility index (Phi) is 4.43. The Morgan fingerprint density at radius 1 is 1.21 bits per heavy atom. The maximum Gasteiger partial charge on any atom is 0.350 e. The SMILES string of the molecule is COC(=O)c1sccc1NC(=O)c1cnn(-c2ccccc2)c1C. The van der Waals surface area contributed by atoms with Crippen molar-refractivity contribution in [2.75, 3.05) is 12.4 Å². The summed E-state index contributed by atoms with van der Waals surface area (Å²) >= 11 is 1.22. The first-order chi connectivity index (χ1) is 11.6. The van der Waals surface area contributed by atoms with Gasteiger partial charge in [0.2, 0.25) is 0 Å². The zero-order chi connectivity index (χ0) is 17.1. The Hall–Kier alpha value is -2.93. The van der Waals surface area contributed by atoms with Gasteiger partial charge >= 0.3 is 5.97 Å². The number of nitrogens with zero attached hydrogens (tertiary/aromatic N) is 2. The van der Waals surface area contributed by atoms with Gasteiger partial charge in [0, 0.05) is 0 Å². The molecule has 1 N–H and O–H groups in total. The predicted octanol–water partition coefficient (Wildman–Crippen LogP) is 3.28. The smallest absolute Gasteiger partial charge is 0.350 e. The van der Waals surface area contributed by atoms with E-state index in [0.717, 1.165) is 5.69 Å². The number of para-hydroxylation sites is 1. The number of amides is 1. The lowest BCUT2D eigenvalue weighted by atomic mass is 10.2. The Bertz CT molecular complexity index is 884. The fraction of sp³-hybridized carbons (Fsp3) is 0.118. The minimum absolute atomic E-state index is 0.321. The van der Waals surface area contributed by atoms with Crippen molar-refractivity contribution in [1.82, 2.24) is 9.78 Å². The molecule has 2 heterocycles. The van der Waals surface area contributed by atoms with E-state index in [-0.39, 0.29) is 5.91 Å². The maximum absolute atomic E-state index is 12.5. The van der Waals surface area contributed by atoms with Crippen LogP contribution in [0, 0.1) is 6.92 Å². The number of methoxy groups -OCH3 is 1. The molecule has 7 heteroatoms. The van der Waals surface area contributed by atoms with E-state index in [1.165, 1.54) is 24.6 Å². The molecule has 0 saturated carbocycles. The number of ether oxygens (including phenoxy) is 1. The molecular weight excluding hydrogens is 326 g/mol. The van der Waals surface area contributed by atoms with Gasteiger partial charge in [-0.05, 0) is 30.5 Å². The van der Waals surface area contributed by atoms with E-state index in [2.05, 4.69) is 10.4 Å². The molecule has 0 aliphatic rings. The third-order valence-electron chi connectivity index (χ3n) is 3.54. The largest absolute Gasteiger partial charge is 0.465 e. The molecule has 0 spiro atoms. The van der Waals surface area contributed by atoms with Gasteiger partial charge in [-0.15, -0.1) is 11.3 Å². The molecule has 1 amide bonds. The number of hydrogen-bond donors (Lipinski definition) is 1. The third-order valence-corrected chi connectivity index (χ3v) is 4.43. The van der Waals surface area contributed by atoms with E-state index >= 15 is 0 Å². The van der Waals surface area contributed by atoms with Crippen molar-refractivity contribution in [3.05, 3.63) is 64.1 Å². The fourth-order valence-corrected chi connectivity index (χ4v) is 3.08. The van der Waals surface area contributed by atoms with Gasteiger partial charge in [0.1, 0.15) is 4.88 Å². The van der Waals surface area contributed by atoms with Crippen molar-refractivity contribution < 1.29 is 14.3 Å². The molecule has 0 saturated heterocycles. The molecule has 122 valence electrons. The number of rotatable bonds is 4. The number of anilines is 1. The average molecular weight is 341 g/mol. The lowest BCUT2D eigenvalue weighted by Gasteiger charge is -2.07. The Morgan fingerprint density at radius 3 is 2.67 bits per heavy atom. The summed E-state index contributed by atoms with van der Waals surface area (Å²) in [6, 6.07) is 11.2. The van der Waals surface area contributed by atoms with Crippen LogP contribution in [0.1, 0.15) is 25.7 Å². The van der Waals surface area contributed by atoms with Crippen LogP contribution >= 0.6 is 11.3 Å². The van der Waals surface area contributed by atoms with E-state index in [9.17, 15) is 9.59 Å². The van der Waals surface area contributed by atoms with Crippen LogP contribution in [-0.4, -0.2) is 28.8 Å². The number of thiophene rings is 1. The Balaban J connectivity index is 1.86. The Labute approximate surface area is 142 Å². The van der Waals surface area contributed by atoms with Gasteiger partial charge < -0.3 is 10.1 Å². The molecule has 3 aromatic rings. The van der Waals surface area contributed by atoms with Gasteiger partial charge in [-0.2, -0.15) is 5.10 Å². The maximum atomic E-state index is 12.5. The fourth-order valence-electron chi connectivity index (χ4n) is 2.31. The first-order valence-electron chi connectivity index (χ1n) is 7.19. The molecule has 0 unspecified atom stereocenters. The molecule has 0 aliphatic heterocycles. The molecule has 6 nitrogen and oxygen atoms in total. The summed E-state index contributed by atoms with van der Waals surface area (Å²) in [6.45, 7) is 1.82. The van der Waals surface area contributed by atoms with Crippen LogP contribution in [0.4, 0.5) is 5.69 Å². The van der Waals surface area contributed by atoms with Crippen molar-refractivity contribution in [3.63, 3.8) is 0 Å². The topological polar surface area (TPSA) is 73.2 Å². The molecule has 24 heavy (non-hydrogen) atoms. The number of nitrogens with one attached hydrogen (secondary N) is 1. The zero-order valence-electron chi connectivity index (χ0n) is 13.1. The van der Waals surface area contributed by atoms with Gasteiger partial charge in [-0.1, -0.05) is 18.2 Å². The number of esters is 1. The molecule has 0 atom stereocenters. The van der Waals surface area contributed by atoms with Crippen LogP contribution in [0.2, 0.25) is 0 Å². The third kappa shape index (κ3) is 2.93. The zero-order valence-corrected chi connectivity index (χ0v) is 14.0. The van der Waals surface area contributed by atoms with Crippen molar-refractivity contribution >= 4 is 28.9 Å². The summed E-state index contributed by atoms with van der Waals surface area (Å²) in [6.07, 6.45) is 1.52. The van der Waals surface area contributed by atoms with Crippen LogP contribution in [0.5, 0.6) is 0 Å². The molecule has 0 radical (unpaired) electrons. The van der Waals surface area contributed by atoms with Crippen LogP contribution < -0.4 is 5.32 Å². The number of carbonyl (C=O) groups is 2. The van der Waals surface area contributed by atoms with E-state index < -0.39 is 5.97 Å². The van der Waals surface area contributed by atoms with Gasteiger partial charge in [0.05, 0.1) is 35.9 Å². The predicted molar refractivity (Wildman–Crippen MR) is 91.9 cm³/mol. The minimum Gasteiger partial charge on any atom is -0.465 e. The molecule has 0 aliphatic carbocycles. The molecule has 3 rings (SSSR count). The highest BCUT2D eigenvalue weighted by molar-refractivity contribution is 7.12. The van der Waals surface area contributed by atoms with Gasteiger partial charge in [-0.25, -0.2) is 9.48 Å². The van der Waals surface area contributed by atoms with Gasteiger partial charge in [-0.3, -0.25) is 4.79 Å². The van der Waals surface area contributed by atoms with Crippen molar-refractivity contribution in [2.24, 2.45) is 0 Å². The molecule has 0 bridgehead atoms. The number of benzene rings is 1. The highest BCUT2D eigenvalue weighted by Crippen LogP contribution is 2.24. The highest BCUT2D eigenvalue weighted by atomic mass is 32.1. The van der Waals surface area contributed by atoms with Gasteiger partial charge in [0.15, 0.2) is 0 Å². The lowest BCUT2D eigenvalue weighted by molar-refractivity contribution is 0.0607. The van der Waals surface area contributed by atoms with Crippen LogP contribution in [0.25, 0.3) is 5.69 Å². The summed E-state index contributed by atoms with van der Waals surface area (Å²) in [5.41, 5.74) is 2.47. The second-order valence-electron chi connectivity index (χ2n) is 5.00. The second-order valence-corrected chi connectivity index (χ2v) is 5.92. The van der Waals surface area contributed by atoms with Crippen LogP contribution in [0.3, 0.4) is 0 Å². The van der Waals surface area contributed by atoms with Crippen LogP contribution in [0.15, 0.2) is 48.0 Å². The normalized spacial score (nSPS) is 10.4. The van der Waals surface area contributed by atoms with Crippen molar-refractivity contribution in [2.45, 2.75) is 6.92 Å². The number of aromatic nitrogens is 2. The quantitative estimate of drug-likeness (QED) is 0.739. The van der Waals surface area contributed by atoms with Crippen LogP contribution in [-0.2, 0) is 4.74 Å². The summed E-state index contributed by atoms with van der Waals surface area (Å²) in [5, 5.41) is 8.75. The number of carbonyl (C=O) groups excluding carboxylic acids is 2. The molecule has 2 aromatic heterocycles. The summed E-state index contributed by atoms with van der Waals surface area (Å²) in [5.74, 6) is -0.796. The van der Waals surface area contributed by atoms with E-state index in [1.54, 1.807) is 16.1 Å². The van der Waals surface area contributed by atoms with Gasteiger partial charge in [0.25, 0.3) is 5.91 Å². The molecule has 0 fully saturated rings. The summed E-state index contributed by atoms with van der Waals surface area (Å²) < 4.78 is 6.41. The second kappa shape index (κ2) is 6.67. The van der Waals surface area contributed by atoms with E-state index in [1.807, 2.05) is 37.3 Å². The monoisotopic (exact) mass is 341 g/mol. The standard InChI is InChI=1S/C17H15N3O3S/c1-11-13(10-18-20(11)12-6-4-3-5-7-12)16(21)19-14-8-9-24-15(14)17(22)23-2/h3-10H,1-2H3,(H,19,21). The highest BCUT2D eigenvalue weighted by Gasteiger charge is 2.19. The summed E-state index contributed by atoms with van der Waals surface area (Å²) in [4.78, 5) is 24.6. The first-order valence-corrected chi connectivity index (χ1v) is 8.07. The Morgan fingerprint density at radius 2 is 1.96 bits per heavy atom.